The van der Waals surface area contributed by atoms with Crippen LogP contribution in [-0.4, -0.2) is 24.0 Å². The van der Waals surface area contributed by atoms with Crippen LogP contribution in [0.15, 0.2) is 24.3 Å². The van der Waals surface area contributed by atoms with E-state index < -0.39 is 0 Å². The van der Waals surface area contributed by atoms with Crippen molar-refractivity contribution < 1.29 is 9.59 Å². The molecule has 1 saturated heterocycles. The van der Waals surface area contributed by atoms with E-state index in [1.54, 1.807) is 12.1 Å². The fourth-order valence-corrected chi connectivity index (χ4v) is 2.74. The molecule has 3 unspecified atom stereocenters. The Labute approximate surface area is 141 Å². The maximum Gasteiger partial charge on any atom is 0.223 e. The van der Waals surface area contributed by atoms with E-state index in [4.69, 9.17) is 11.6 Å². The van der Waals surface area contributed by atoms with Crippen molar-refractivity contribution in [2.75, 3.05) is 0 Å². The summed E-state index contributed by atoms with van der Waals surface area (Å²) in [6.45, 7) is 3.53. The van der Waals surface area contributed by atoms with Gasteiger partial charge >= 0.3 is 0 Å². The maximum absolute atomic E-state index is 12.3. The second-order valence-electron chi connectivity index (χ2n) is 5.76. The SMILES string of the molecule is CCC1CC(NC(=O)CC(NC(C)=O)c2ccc(Cl)cc2)NN1. The van der Waals surface area contributed by atoms with E-state index in [0.717, 1.165) is 18.4 Å². The topological polar surface area (TPSA) is 82.3 Å². The zero-order valence-corrected chi connectivity index (χ0v) is 14.1. The highest BCUT2D eigenvalue weighted by Gasteiger charge is 2.25. The van der Waals surface area contributed by atoms with Crippen LogP contribution in [0.2, 0.25) is 5.02 Å². The summed E-state index contributed by atoms with van der Waals surface area (Å²) in [5, 5.41) is 6.37. The van der Waals surface area contributed by atoms with Crippen molar-refractivity contribution in [2.45, 2.75) is 51.4 Å². The highest BCUT2D eigenvalue weighted by Crippen LogP contribution is 2.19. The molecule has 1 fully saturated rings. The zero-order valence-electron chi connectivity index (χ0n) is 13.4. The number of hydrogen-bond acceptors (Lipinski definition) is 4. The molecule has 1 aromatic carbocycles. The van der Waals surface area contributed by atoms with Gasteiger partial charge in [0, 0.05) is 18.0 Å². The van der Waals surface area contributed by atoms with Gasteiger partial charge in [-0.25, -0.2) is 5.43 Å². The number of amides is 2. The van der Waals surface area contributed by atoms with Gasteiger partial charge in [-0.2, -0.15) is 0 Å². The molecule has 1 aliphatic heterocycles. The lowest BCUT2D eigenvalue weighted by atomic mass is 10.0. The van der Waals surface area contributed by atoms with E-state index in [1.165, 1.54) is 6.92 Å². The summed E-state index contributed by atoms with van der Waals surface area (Å²) in [6, 6.07) is 7.12. The van der Waals surface area contributed by atoms with Crippen molar-refractivity contribution in [1.82, 2.24) is 21.5 Å². The number of benzene rings is 1. The average Bonchev–Trinajstić information content (AvgIpc) is 2.94. The zero-order chi connectivity index (χ0) is 16.8. The van der Waals surface area contributed by atoms with Crippen LogP contribution in [0.4, 0.5) is 0 Å². The van der Waals surface area contributed by atoms with E-state index in [2.05, 4.69) is 28.4 Å². The van der Waals surface area contributed by atoms with Crippen molar-refractivity contribution in [1.29, 1.82) is 0 Å². The molecule has 3 atom stereocenters. The van der Waals surface area contributed by atoms with Gasteiger partial charge in [-0.1, -0.05) is 30.7 Å². The van der Waals surface area contributed by atoms with E-state index in [1.807, 2.05) is 12.1 Å². The highest BCUT2D eigenvalue weighted by molar-refractivity contribution is 6.30. The molecule has 1 aromatic rings. The summed E-state index contributed by atoms with van der Waals surface area (Å²) in [5.74, 6) is -0.292. The first-order chi connectivity index (χ1) is 11.0. The first-order valence-corrected chi connectivity index (χ1v) is 8.18. The predicted molar refractivity (Wildman–Crippen MR) is 89.5 cm³/mol. The van der Waals surface area contributed by atoms with Crippen LogP contribution in [0.1, 0.15) is 44.7 Å². The molecular formula is C16H23ClN4O2. The average molecular weight is 339 g/mol. The fraction of sp³-hybridized carbons (Fsp3) is 0.500. The quantitative estimate of drug-likeness (QED) is 0.635. The van der Waals surface area contributed by atoms with Crippen LogP contribution in [0.3, 0.4) is 0 Å². The number of nitrogens with one attached hydrogen (secondary N) is 4. The number of rotatable bonds is 6. The van der Waals surface area contributed by atoms with E-state index in [-0.39, 0.29) is 30.4 Å². The summed E-state index contributed by atoms with van der Waals surface area (Å²) in [4.78, 5) is 23.7. The molecule has 0 radical (unpaired) electrons. The van der Waals surface area contributed by atoms with Crippen LogP contribution in [0.5, 0.6) is 0 Å². The predicted octanol–water partition coefficient (Wildman–Crippen LogP) is 1.63. The van der Waals surface area contributed by atoms with Gasteiger partial charge < -0.3 is 10.6 Å². The Bertz CT molecular complexity index is 550. The lowest BCUT2D eigenvalue weighted by Gasteiger charge is -2.20. The van der Waals surface area contributed by atoms with E-state index >= 15 is 0 Å². The lowest BCUT2D eigenvalue weighted by molar-refractivity contribution is -0.123. The molecule has 0 aromatic heterocycles. The molecule has 126 valence electrons. The third kappa shape index (κ3) is 5.49. The molecule has 2 amide bonds. The van der Waals surface area contributed by atoms with Crippen molar-refractivity contribution in [3.05, 3.63) is 34.9 Å². The van der Waals surface area contributed by atoms with Gasteiger partial charge in [0.2, 0.25) is 11.8 Å². The molecule has 7 heteroatoms. The summed E-state index contributed by atoms with van der Waals surface area (Å²) in [6.07, 6.45) is 1.93. The van der Waals surface area contributed by atoms with Crippen molar-refractivity contribution in [3.8, 4) is 0 Å². The minimum absolute atomic E-state index is 0.0874. The Hall–Kier alpha value is -1.63. The Kier molecular flexibility index (Phi) is 6.38. The number of hydrazine groups is 1. The highest BCUT2D eigenvalue weighted by atomic mass is 35.5. The fourth-order valence-electron chi connectivity index (χ4n) is 2.62. The first-order valence-electron chi connectivity index (χ1n) is 7.81. The normalized spacial score (nSPS) is 21.7. The molecule has 6 nitrogen and oxygen atoms in total. The number of halogens is 1. The minimum atomic E-state index is -0.374. The van der Waals surface area contributed by atoms with Gasteiger partial charge in [0.1, 0.15) is 0 Å². The standard InChI is InChI=1S/C16H23ClN4O2/c1-3-13-8-15(21-20-13)19-16(23)9-14(18-10(2)22)11-4-6-12(17)7-5-11/h4-7,13-15,20-21H,3,8-9H2,1-2H3,(H,18,22)(H,19,23). The summed E-state index contributed by atoms with van der Waals surface area (Å²) in [7, 11) is 0. The molecule has 1 heterocycles. The molecule has 0 saturated carbocycles. The van der Waals surface area contributed by atoms with Gasteiger partial charge in [-0.3, -0.25) is 15.0 Å². The Morgan fingerprint density at radius 2 is 2.00 bits per heavy atom. The molecule has 0 aliphatic carbocycles. The summed E-state index contributed by atoms with van der Waals surface area (Å²) >= 11 is 5.89. The smallest absolute Gasteiger partial charge is 0.223 e. The Morgan fingerprint density at radius 3 is 2.57 bits per heavy atom. The number of hydrogen-bond donors (Lipinski definition) is 4. The Balaban J connectivity index is 1.95. The second-order valence-corrected chi connectivity index (χ2v) is 6.19. The molecule has 4 N–H and O–H groups in total. The molecule has 23 heavy (non-hydrogen) atoms. The van der Waals surface area contributed by atoms with Gasteiger partial charge in [0.25, 0.3) is 0 Å². The van der Waals surface area contributed by atoms with Crippen LogP contribution >= 0.6 is 11.6 Å². The van der Waals surface area contributed by atoms with Crippen molar-refractivity contribution in [3.63, 3.8) is 0 Å². The van der Waals surface area contributed by atoms with E-state index in [9.17, 15) is 9.59 Å². The van der Waals surface area contributed by atoms with Crippen LogP contribution < -0.4 is 21.5 Å². The third-order valence-corrected chi connectivity index (χ3v) is 4.10. The van der Waals surface area contributed by atoms with Crippen LogP contribution in [-0.2, 0) is 9.59 Å². The lowest BCUT2D eigenvalue weighted by Crippen LogP contribution is -2.45. The first kappa shape index (κ1) is 17.7. The van der Waals surface area contributed by atoms with Gasteiger partial charge in [0.15, 0.2) is 0 Å². The minimum Gasteiger partial charge on any atom is -0.349 e. The molecule has 1 aliphatic rings. The number of carbonyl (C=O) groups excluding carboxylic acids is 2. The Morgan fingerprint density at radius 1 is 1.30 bits per heavy atom. The summed E-state index contributed by atoms with van der Waals surface area (Å²) < 4.78 is 0. The van der Waals surface area contributed by atoms with Crippen LogP contribution in [0, 0.1) is 0 Å². The maximum atomic E-state index is 12.3. The molecule has 2 rings (SSSR count). The molecule has 0 bridgehead atoms. The monoisotopic (exact) mass is 338 g/mol. The largest absolute Gasteiger partial charge is 0.349 e. The summed E-state index contributed by atoms with van der Waals surface area (Å²) in [5.41, 5.74) is 7.05. The van der Waals surface area contributed by atoms with E-state index in [0.29, 0.717) is 11.1 Å². The van der Waals surface area contributed by atoms with Crippen molar-refractivity contribution >= 4 is 23.4 Å². The van der Waals surface area contributed by atoms with Gasteiger partial charge in [-0.15, -0.1) is 0 Å². The number of carbonyl (C=O) groups is 2. The molecule has 0 spiro atoms. The van der Waals surface area contributed by atoms with Crippen molar-refractivity contribution in [2.24, 2.45) is 0 Å². The van der Waals surface area contributed by atoms with Gasteiger partial charge in [-0.05, 0) is 30.5 Å². The second kappa shape index (κ2) is 8.29. The third-order valence-electron chi connectivity index (χ3n) is 3.85. The van der Waals surface area contributed by atoms with Crippen LogP contribution in [0.25, 0.3) is 0 Å². The van der Waals surface area contributed by atoms with Gasteiger partial charge in [0.05, 0.1) is 18.6 Å². The molecular weight excluding hydrogens is 316 g/mol.